The number of hydrogen-bond acceptors (Lipinski definition) is 9. The molecule has 5 rings (SSSR count). The summed E-state index contributed by atoms with van der Waals surface area (Å²) >= 11 is 6.12. The normalized spacial score (nSPS) is 17.3. The molecule has 1 aliphatic carbocycles. The maximum atomic E-state index is 13.3. The summed E-state index contributed by atoms with van der Waals surface area (Å²) in [6.45, 7) is 1.99. The zero-order chi connectivity index (χ0) is 26.8. The molecular formula is C27H23BrN6O2S2. The van der Waals surface area contributed by atoms with Gasteiger partial charge >= 0.3 is 0 Å². The number of anilines is 2. The number of nitrogens with zero attached hydrogens (tertiary/aromatic N) is 4. The molecule has 0 saturated heterocycles. The Hall–Kier alpha value is -3.46. The summed E-state index contributed by atoms with van der Waals surface area (Å²) in [6, 6.07) is 17.4. The highest BCUT2D eigenvalue weighted by Crippen LogP contribution is 2.48. The van der Waals surface area contributed by atoms with Crippen molar-refractivity contribution in [2.75, 3.05) is 16.0 Å². The number of rotatable bonds is 6. The molecule has 11 heteroatoms. The van der Waals surface area contributed by atoms with Gasteiger partial charge in [-0.05, 0) is 43.5 Å². The van der Waals surface area contributed by atoms with Crippen LogP contribution in [0.4, 0.5) is 10.8 Å². The smallest absolute Gasteiger partial charge is 0.234 e. The van der Waals surface area contributed by atoms with Gasteiger partial charge in [0.15, 0.2) is 10.1 Å². The van der Waals surface area contributed by atoms with Crippen molar-refractivity contribution in [3.05, 3.63) is 86.8 Å². The van der Waals surface area contributed by atoms with Crippen molar-refractivity contribution in [2.45, 2.75) is 36.4 Å². The van der Waals surface area contributed by atoms with Gasteiger partial charge in [0.1, 0.15) is 5.82 Å². The number of nitriles is 1. The number of thioether (sulfide) groups is 1. The Morgan fingerprint density at radius 2 is 2.00 bits per heavy atom. The third kappa shape index (κ3) is 5.12. The summed E-state index contributed by atoms with van der Waals surface area (Å²) in [5.41, 5.74) is 10.9. The van der Waals surface area contributed by atoms with Gasteiger partial charge in [0.25, 0.3) is 0 Å². The first-order valence-corrected chi connectivity index (χ1v) is 14.5. The van der Waals surface area contributed by atoms with Gasteiger partial charge < -0.3 is 11.1 Å². The van der Waals surface area contributed by atoms with Crippen LogP contribution in [0.1, 0.15) is 36.3 Å². The van der Waals surface area contributed by atoms with E-state index in [0.29, 0.717) is 39.9 Å². The van der Waals surface area contributed by atoms with Crippen LogP contribution < -0.4 is 16.0 Å². The van der Waals surface area contributed by atoms with E-state index in [4.69, 9.17) is 5.73 Å². The lowest BCUT2D eigenvalue weighted by molar-refractivity contribution is -0.116. The molecule has 1 unspecified atom stereocenters. The van der Waals surface area contributed by atoms with Crippen molar-refractivity contribution in [2.24, 2.45) is 5.73 Å². The molecule has 0 fully saturated rings. The molecule has 3 aromatic rings. The Bertz CT molecular complexity index is 1520. The maximum absolute atomic E-state index is 13.3. The molecule has 3 N–H and O–H groups in total. The van der Waals surface area contributed by atoms with Crippen LogP contribution in [0.5, 0.6) is 0 Å². The van der Waals surface area contributed by atoms with E-state index < -0.39 is 5.92 Å². The van der Waals surface area contributed by atoms with Gasteiger partial charge in [-0.2, -0.15) is 5.26 Å². The second kappa shape index (κ2) is 11.1. The number of hydrogen-bond donors (Lipinski definition) is 2. The minimum Gasteiger partial charge on any atom is -0.384 e. The highest BCUT2D eigenvalue weighted by molar-refractivity contribution is 9.10. The molecule has 0 spiro atoms. The third-order valence-corrected chi connectivity index (χ3v) is 9.14. The molecule has 0 saturated carbocycles. The van der Waals surface area contributed by atoms with Crippen molar-refractivity contribution in [3.8, 4) is 6.07 Å². The molecule has 1 aromatic heterocycles. The van der Waals surface area contributed by atoms with E-state index in [2.05, 4.69) is 37.5 Å². The Morgan fingerprint density at radius 1 is 1.24 bits per heavy atom. The number of amides is 1. The van der Waals surface area contributed by atoms with Crippen LogP contribution in [0.25, 0.3) is 0 Å². The number of nitrogens with one attached hydrogen (secondary N) is 1. The van der Waals surface area contributed by atoms with Crippen LogP contribution >= 0.6 is 39.0 Å². The monoisotopic (exact) mass is 606 g/mol. The molecule has 1 aliphatic heterocycles. The van der Waals surface area contributed by atoms with Crippen LogP contribution in [0.3, 0.4) is 0 Å². The minimum atomic E-state index is -0.554. The number of benzene rings is 2. The van der Waals surface area contributed by atoms with Gasteiger partial charge in [0.2, 0.25) is 11.0 Å². The highest BCUT2D eigenvalue weighted by Gasteiger charge is 2.41. The van der Waals surface area contributed by atoms with Crippen molar-refractivity contribution < 1.29 is 9.59 Å². The van der Waals surface area contributed by atoms with Crippen LogP contribution in [-0.4, -0.2) is 27.6 Å². The molecule has 2 aliphatic rings. The number of ketones is 1. The minimum absolute atomic E-state index is 0.00384. The summed E-state index contributed by atoms with van der Waals surface area (Å²) in [5, 5.41) is 22.1. The SMILES string of the molecule is Cc1ccc(NC(=O)CSc2nnc(N3C(N)=C(C#N)C(c4ccccc4Br)C4=C3CCCC4=O)s2)cc1. The lowest BCUT2D eigenvalue weighted by atomic mass is 9.76. The van der Waals surface area contributed by atoms with Gasteiger partial charge in [0.05, 0.1) is 23.3 Å². The number of nitrogens with two attached hydrogens (primary N) is 1. The van der Waals surface area contributed by atoms with E-state index in [9.17, 15) is 14.9 Å². The summed E-state index contributed by atoms with van der Waals surface area (Å²) in [6.07, 6.45) is 1.73. The van der Waals surface area contributed by atoms with E-state index in [0.717, 1.165) is 27.0 Å². The zero-order valence-corrected chi connectivity index (χ0v) is 23.6. The zero-order valence-electron chi connectivity index (χ0n) is 20.4. The molecule has 1 amide bonds. The largest absolute Gasteiger partial charge is 0.384 e. The topological polar surface area (TPSA) is 125 Å². The molecule has 192 valence electrons. The fraction of sp³-hybridized carbons (Fsp3) is 0.222. The Labute approximate surface area is 236 Å². The quantitative estimate of drug-likeness (QED) is 0.345. The lowest BCUT2D eigenvalue weighted by Crippen LogP contribution is -2.38. The fourth-order valence-electron chi connectivity index (χ4n) is 4.64. The Morgan fingerprint density at radius 3 is 2.74 bits per heavy atom. The van der Waals surface area contributed by atoms with Gasteiger partial charge in [-0.1, -0.05) is 74.9 Å². The fourth-order valence-corrected chi connectivity index (χ4v) is 6.83. The summed E-state index contributed by atoms with van der Waals surface area (Å²) < 4.78 is 1.39. The van der Waals surface area contributed by atoms with Crippen molar-refractivity contribution in [3.63, 3.8) is 0 Å². The average molecular weight is 608 g/mol. The number of allylic oxidation sites excluding steroid dienone is 3. The molecule has 1 atom stereocenters. The van der Waals surface area contributed by atoms with Crippen molar-refractivity contribution in [1.29, 1.82) is 5.26 Å². The van der Waals surface area contributed by atoms with Crippen LogP contribution in [0.2, 0.25) is 0 Å². The van der Waals surface area contributed by atoms with E-state index >= 15 is 0 Å². The number of aryl methyl sites for hydroxylation is 1. The third-order valence-electron chi connectivity index (χ3n) is 6.38. The maximum Gasteiger partial charge on any atom is 0.234 e. The average Bonchev–Trinajstić information content (AvgIpc) is 3.37. The van der Waals surface area contributed by atoms with Crippen LogP contribution in [-0.2, 0) is 9.59 Å². The second-order valence-electron chi connectivity index (χ2n) is 8.89. The first-order chi connectivity index (χ1) is 18.4. The van der Waals surface area contributed by atoms with Gasteiger partial charge in [-0.3, -0.25) is 14.5 Å². The second-order valence-corrected chi connectivity index (χ2v) is 11.9. The molecule has 0 bridgehead atoms. The number of halogens is 1. The van der Waals surface area contributed by atoms with Gasteiger partial charge in [0, 0.05) is 27.9 Å². The predicted molar refractivity (Wildman–Crippen MR) is 153 cm³/mol. The van der Waals surface area contributed by atoms with E-state index in [-0.39, 0.29) is 23.3 Å². The number of carbonyl (C=O) groups excluding carboxylic acids is 2. The molecular weight excluding hydrogens is 584 g/mol. The van der Waals surface area contributed by atoms with Gasteiger partial charge in [-0.15, -0.1) is 10.2 Å². The lowest BCUT2D eigenvalue weighted by Gasteiger charge is -2.38. The summed E-state index contributed by atoms with van der Waals surface area (Å²) in [4.78, 5) is 27.4. The number of carbonyl (C=O) groups is 2. The van der Waals surface area contributed by atoms with E-state index in [1.54, 1.807) is 4.90 Å². The number of Topliss-reactive ketones (excluding diaryl/α,β-unsaturated/α-hetero) is 1. The Kier molecular flexibility index (Phi) is 7.65. The van der Waals surface area contributed by atoms with Crippen LogP contribution in [0, 0.1) is 18.3 Å². The molecule has 0 radical (unpaired) electrons. The molecule has 2 aromatic carbocycles. The van der Waals surface area contributed by atoms with Gasteiger partial charge in [-0.25, -0.2) is 0 Å². The molecule has 38 heavy (non-hydrogen) atoms. The standard InChI is InChI=1S/C27H23BrN6O2S2/c1-15-9-11-16(12-10-15)31-22(36)14-37-27-33-32-26(38-27)34-20-7-4-8-21(35)24(20)23(18(13-29)25(34)30)17-5-2-3-6-19(17)28/h2-3,5-6,9-12,23H,4,7-8,14,30H2,1H3,(H,31,36). The van der Waals surface area contributed by atoms with Crippen molar-refractivity contribution in [1.82, 2.24) is 10.2 Å². The summed E-state index contributed by atoms with van der Waals surface area (Å²) in [5.74, 6) is -0.301. The van der Waals surface area contributed by atoms with E-state index in [1.165, 1.54) is 23.1 Å². The molecule has 8 nitrogen and oxygen atoms in total. The highest BCUT2D eigenvalue weighted by atomic mass is 79.9. The number of aromatic nitrogens is 2. The van der Waals surface area contributed by atoms with E-state index in [1.807, 2.05) is 55.5 Å². The predicted octanol–water partition coefficient (Wildman–Crippen LogP) is 5.64. The molecule has 2 heterocycles. The van der Waals surface area contributed by atoms with Crippen molar-refractivity contribution >= 4 is 61.5 Å². The first kappa shape index (κ1) is 26.2. The summed E-state index contributed by atoms with van der Waals surface area (Å²) in [7, 11) is 0. The first-order valence-electron chi connectivity index (χ1n) is 11.9. The Balaban J connectivity index is 1.42. The van der Waals surface area contributed by atoms with Crippen LogP contribution in [0.15, 0.2) is 80.0 Å².